The molecule has 1 aliphatic rings. The molecule has 0 saturated carbocycles. The molecule has 1 aliphatic carbocycles. The standard InChI is InChI=1S/C21H23NO4S/c1-21(12-23,13-26-27(2,24)25)22-11-17-7-6-16-10-15-5-3-4-14-8-9-18(17)20(16)19(14)15/h3-9,22-23H,10-13H2,1-2H3. The Morgan fingerprint density at radius 3 is 2.63 bits per heavy atom. The molecule has 0 aromatic heterocycles. The molecule has 0 saturated heterocycles. The molecule has 0 heterocycles. The molecule has 0 spiro atoms. The normalized spacial score (nSPS) is 15.7. The summed E-state index contributed by atoms with van der Waals surface area (Å²) in [6, 6.07) is 15.0. The van der Waals surface area contributed by atoms with Crippen molar-refractivity contribution in [1.82, 2.24) is 5.32 Å². The van der Waals surface area contributed by atoms with Gasteiger partial charge in [-0.3, -0.25) is 4.18 Å². The van der Waals surface area contributed by atoms with Gasteiger partial charge in [0.25, 0.3) is 10.1 Å². The first-order valence-electron chi connectivity index (χ1n) is 8.95. The lowest BCUT2D eigenvalue weighted by Gasteiger charge is -2.28. The van der Waals surface area contributed by atoms with Gasteiger partial charge >= 0.3 is 0 Å². The van der Waals surface area contributed by atoms with Crippen molar-refractivity contribution >= 4 is 31.7 Å². The number of aliphatic hydroxyl groups excluding tert-OH is 1. The number of aliphatic hydroxyl groups is 1. The van der Waals surface area contributed by atoms with E-state index in [1.807, 2.05) is 0 Å². The van der Waals surface area contributed by atoms with E-state index in [4.69, 9.17) is 4.18 Å². The fourth-order valence-electron chi connectivity index (χ4n) is 3.78. The molecule has 6 heteroatoms. The SMILES string of the molecule is CC(CO)(COS(C)(=O)=O)NCc1ccc2c3c1ccc1cccc(c13)C2. The summed E-state index contributed by atoms with van der Waals surface area (Å²) in [6.45, 7) is 1.91. The molecule has 0 bridgehead atoms. The topological polar surface area (TPSA) is 75.6 Å². The maximum absolute atomic E-state index is 11.3. The summed E-state index contributed by atoms with van der Waals surface area (Å²) in [5, 5.41) is 18.1. The van der Waals surface area contributed by atoms with Gasteiger partial charge in [-0.25, -0.2) is 0 Å². The van der Waals surface area contributed by atoms with E-state index in [0.29, 0.717) is 6.54 Å². The lowest BCUT2D eigenvalue weighted by molar-refractivity contribution is 0.118. The predicted octanol–water partition coefficient (Wildman–Crippen LogP) is 2.71. The largest absolute Gasteiger partial charge is 0.394 e. The molecule has 3 aromatic rings. The van der Waals surface area contributed by atoms with E-state index in [0.717, 1.165) is 18.2 Å². The second-order valence-electron chi connectivity index (χ2n) is 7.60. The van der Waals surface area contributed by atoms with Crippen LogP contribution in [0.4, 0.5) is 0 Å². The maximum Gasteiger partial charge on any atom is 0.264 e. The molecule has 0 amide bonds. The third-order valence-corrected chi connectivity index (χ3v) is 5.86. The van der Waals surface area contributed by atoms with Crippen LogP contribution in [0.5, 0.6) is 0 Å². The van der Waals surface area contributed by atoms with Gasteiger partial charge in [-0.1, -0.05) is 42.5 Å². The van der Waals surface area contributed by atoms with E-state index in [1.165, 1.54) is 32.7 Å². The fraction of sp³-hybridized carbons (Fsp3) is 0.333. The van der Waals surface area contributed by atoms with Crippen molar-refractivity contribution in [3.8, 4) is 0 Å². The molecule has 0 radical (unpaired) electrons. The lowest BCUT2D eigenvalue weighted by Crippen LogP contribution is -2.49. The van der Waals surface area contributed by atoms with Gasteiger partial charge < -0.3 is 10.4 Å². The number of hydrogen-bond donors (Lipinski definition) is 2. The summed E-state index contributed by atoms with van der Waals surface area (Å²) in [5.41, 5.74) is 2.97. The van der Waals surface area contributed by atoms with E-state index >= 15 is 0 Å². The van der Waals surface area contributed by atoms with Crippen LogP contribution in [0.15, 0.2) is 42.5 Å². The van der Waals surface area contributed by atoms with Gasteiger partial charge in [0.05, 0.1) is 25.0 Å². The molecule has 4 rings (SSSR count). The first-order chi connectivity index (χ1) is 12.8. The van der Waals surface area contributed by atoms with E-state index in [-0.39, 0.29) is 13.2 Å². The first-order valence-corrected chi connectivity index (χ1v) is 10.8. The molecule has 5 nitrogen and oxygen atoms in total. The monoisotopic (exact) mass is 385 g/mol. The molecular weight excluding hydrogens is 362 g/mol. The summed E-state index contributed by atoms with van der Waals surface area (Å²) < 4.78 is 27.5. The Morgan fingerprint density at radius 2 is 1.89 bits per heavy atom. The molecule has 3 aromatic carbocycles. The molecule has 1 unspecified atom stereocenters. The van der Waals surface area contributed by atoms with Gasteiger partial charge in [-0.2, -0.15) is 8.42 Å². The van der Waals surface area contributed by atoms with Crippen LogP contribution in [-0.4, -0.2) is 38.5 Å². The number of nitrogens with one attached hydrogen (secondary N) is 1. The highest BCUT2D eigenvalue weighted by atomic mass is 32.2. The van der Waals surface area contributed by atoms with Crippen LogP contribution in [0.3, 0.4) is 0 Å². The highest BCUT2D eigenvalue weighted by Crippen LogP contribution is 2.39. The average Bonchev–Trinajstić information content (AvgIpc) is 3.03. The van der Waals surface area contributed by atoms with Gasteiger partial charge in [-0.05, 0) is 51.6 Å². The maximum atomic E-state index is 11.3. The Kier molecular flexibility index (Phi) is 4.47. The first kappa shape index (κ1) is 18.4. The zero-order valence-electron chi connectivity index (χ0n) is 15.5. The molecule has 1 atom stereocenters. The Balaban J connectivity index is 1.66. The van der Waals surface area contributed by atoms with Crippen molar-refractivity contribution in [2.45, 2.75) is 25.4 Å². The van der Waals surface area contributed by atoms with Gasteiger partial charge in [0, 0.05) is 6.54 Å². The molecule has 2 N–H and O–H groups in total. The number of hydrogen-bond acceptors (Lipinski definition) is 5. The minimum absolute atomic E-state index is 0.120. The van der Waals surface area contributed by atoms with Crippen molar-refractivity contribution in [2.24, 2.45) is 0 Å². The van der Waals surface area contributed by atoms with Crippen LogP contribution in [0, 0.1) is 0 Å². The summed E-state index contributed by atoms with van der Waals surface area (Å²) >= 11 is 0. The minimum Gasteiger partial charge on any atom is -0.394 e. The van der Waals surface area contributed by atoms with Crippen molar-refractivity contribution < 1.29 is 17.7 Å². The highest BCUT2D eigenvalue weighted by Gasteiger charge is 2.26. The third-order valence-electron chi connectivity index (χ3n) is 5.31. The number of rotatable bonds is 7. The van der Waals surface area contributed by atoms with Gasteiger partial charge in [0.1, 0.15) is 0 Å². The zero-order chi connectivity index (χ0) is 19.2. The Morgan fingerprint density at radius 1 is 1.11 bits per heavy atom. The molecular formula is C21H23NO4S. The second kappa shape index (κ2) is 6.56. The smallest absolute Gasteiger partial charge is 0.264 e. The van der Waals surface area contributed by atoms with Gasteiger partial charge in [0.15, 0.2) is 0 Å². The summed E-state index contributed by atoms with van der Waals surface area (Å²) in [4.78, 5) is 0. The van der Waals surface area contributed by atoms with E-state index in [9.17, 15) is 13.5 Å². The van der Waals surface area contributed by atoms with Crippen LogP contribution in [-0.2, 0) is 27.3 Å². The van der Waals surface area contributed by atoms with Gasteiger partial charge in [0.2, 0.25) is 0 Å². The summed E-state index contributed by atoms with van der Waals surface area (Å²) in [7, 11) is -3.56. The van der Waals surface area contributed by atoms with Crippen molar-refractivity contribution in [3.05, 3.63) is 59.2 Å². The highest BCUT2D eigenvalue weighted by molar-refractivity contribution is 7.85. The fourth-order valence-corrected chi connectivity index (χ4v) is 4.26. The average molecular weight is 385 g/mol. The predicted molar refractivity (Wildman–Crippen MR) is 107 cm³/mol. The van der Waals surface area contributed by atoms with Crippen molar-refractivity contribution in [3.63, 3.8) is 0 Å². The molecule has 27 heavy (non-hydrogen) atoms. The Hall–Kier alpha value is -1.99. The lowest BCUT2D eigenvalue weighted by atomic mass is 9.97. The van der Waals surface area contributed by atoms with E-state index < -0.39 is 15.7 Å². The third kappa shape index (κ3) is 3.46. The van der Waals surface area contributed by atoms with Crippen LogP contribution < -0.4 is 5.32 Å². The summed E-state index contributed by atoms with van der Waals surface area (Å²) in [5.74, 6) is 0. The van der Waals surface area contributed by atoms with Gasteiger partial charge in [-0.15, -0.1) is 0 Å². The van der Waals surface area contributed by atoms with Crippen LogP contribution in [0.1, 0.15) is 23.6 Å². The Bertz CT molecular complexity index is 1140. The van der Waals surface area contributed by atoms with Crippen LogP contribution >= 0.6 is 0 Å². The van der Waals surface area contributed by atoms with Crippen molar-refractivity contribution in [1.29, 1.82) is 0 Å². The van der Waals surface area contributed by atoms with E-state index in [1.54, 1.807) is 6.92 Å². The van der Waals surface area contributed by atoms with Crippen LogP contribution in [0.2, 0.25) is 0 Å². The molecule has 142 valence electrons. The van der Waals surface area contributed by atoms with Crippen LogP contribution in [0.25, 0.3) is 21.5 Å². The second-order valence-corrected chi connectivity index (χ2v) is 9.25. The minimum atomic E-state index is -3.56. The quantitative estimate of drug-likeness (QED) is 0.378. The number of benzene rings is 3. The Labute approximate surface area is 159 Å². The molecule has 0 fully saturated rings. The molecule has 0 aliphatic heterocycles. The summed E-state index contributed by atoms with van der Waals surface area (Å²) in [6.07, 6.45) is 1.96. The van der Waals surface area contributed by atoms with Crippen molar-refractivity contribution in [2.75, 3.05) is 19.5 Å². The van der Waals surface area contributed by atoms with E-state index in [2.05, 4.69) is 47.8 Å². The zero-order valence-corrected chi connectivity index (χ0v) is 16.3.